The number of rotatable bonds is 6. The lowest BCUT2D eigenvalue weighted by Gasteiger charge is -2.04. The van der Waals surface area contributed by atoms with E-state index in [1.54, 1.807) is 40.1 Å². The van der Waals surface area contributed by atoms with Gasteiger partial charge in [0.1, 0.15) is 5.82 Å². The molecule has 1 amide bonds. The molecule has 0 atom stereocenters. The summed E-state index contributed by atoms with van der Waals surface area (Å²) >= 11 is 2.87. The number of thioether (sulfide) groups is 1. The molecule has 0 aliphatic carbocycles. The lowest BCUT2D eigenvalue weighted by molar-refractivity contribution is -0.118. The molecule has 0 saturated heterocycles. The molecule has 0 radical (unpaired) electrons. The second kappa shape index (κ2) is 7.85. The number of nitrogens with one attached hydrogen (secondary N) is 1. The van der Waals surface area contributed by atoms with Gasteiger partial charge in [-0.1, -0.05) is 17.8 Å². The highest BCUT2D eigenvalue weighted by Gasteiger charge is 2.12. The van der Waals surface area contributed by atoms with Crippen LogP contribution in [-0.4, -0.2) is 31.5 Å². The van der Waals surface area contributed by atoms with Gasteiger partial charge in [-0.15, -0.1) is 21.5 Å². The molecular formula is C18H14FN5OS2. The van der Waals surface area contributed by atoms with Gasteiger partial charge >= 0.3 is 0 Å². The zero-order chi connectivity index (χ0) is 18.6. The Bertz CT molecular complexity index is 1060. The molecule has 0 aliphatic rings. The van der Waals surface area contributed by atoms with Crippen molar-refractivity contribution in [3.63, 3.8) is 0 Å². The van der Waals surface area contributed by atoms with Crippen LogP contribution < -0.4 is 5.32 Å². The van der Waals surface area contributed by atoms with E-state index >= 15 is 0 Å². The summed E-state index contributed by atoms with van der Waals surface area (Å²) < 4.78 is 14.7. The zero-order valence-corrected chi connectivity index (χ0v) is 15.6. The van der Waals surface area contributed by atoms with Gasteiger partial charge in [-0.05, 0) is 47.8 Å². The third-order valence-corrected chi connectivity index (χ3v) is 5.54. The van der Waals surface area contributed by atoms with Crippen LogP contribution in [0.4, 0.5) is 4.39 Å². The maximum atomic E-state index is 13.1. The van der Waals surface area contributed by atoms with Crippen molar-refractivity contribution in [3.05, 3.63) is 64.6 Å². The smallest absolute Gasteiger partial charge is 0.230 e. The monoisotopic (exact) mass is 399 g/mol. The second-order valence-corrected chi connectivity index (χ2v) is 7.60. The van der Waals surface area contributed by atoms with Gasteiger partial charge in [0.25, 0.3) is 0 Å². The van der Waals surface area contributed by atoms with Crippen molar-refractivity contribution in [2.75, 3.05) is 5.75 Å². The molecule has 9 heteroatoms. The number of benzene rings is 1. The molecule has 3 heterocycles. The van der Waals surface area contributed by atoms with E-state index in [1.807, 2.05) is 17.5 Å². The van der Waals surface area contributed by atoms with E-state index in [0.717, 1.165) is 10.4 Å². The van der Waals surface area contributed by atoms with E-state index in [0.29, 0.717) is 23.0 Å². The SMILES string of the molecule is O=C(CSc1nnc2ccc(-c3ccc(F)cc3)nn12)NCc1cccs1. The van der Waals surface area contributed by atoms with Crippen LogP contribution in [0.5, 0.6) is 0 Å². The first-order valence-corrected chi connectivity index (χ1v) is 9.96. The molecule has 27 heavy (non-hydrogen) atoms. The first-order valence-electron chi connectivity index (χ1n) is 8.09. The van der Waals surface area contributed by atoms with E-state index in [2.05, 4.69) is 20.6 Å². The highest BCUT2D eigenvalue weighted by molar-refractivity contribution is 7.99. The zero-order valence-electron chi connectivity index (χ0n) is 14.0. The van der Waals surface area contributed by atoms with Crippen molar-refractivity contribution in [1.82, 2.24) is 25.1 Å². The number of thiophene rings is 1. The van der Waals surface area contributed by atoms with E-state index < -0.39 is 0 Å². The van der Waals surface area contributed by atoms with Crippen LogP contribution in [0, 0.1) is 5.82 Å². The number of carbonyl (C=O) groups excluding carboxylic acids is 1. The van der Waals surface area contributed by atoms with Gasteiger partial charge in [0.05, 0.1) is 18.0 Å². The molecule has 0 aliphatic heterocycles. The van der Waals surface area contributed by atoms with E-state index in [4.69, 9.17) is 0 Å². The summed E-state index contributed by atoms with van der Waals surface area (Å²) in [5.74, 6) is -0.164. The Morgan fingerprint density at radius 1 is 1.15 bits per heavy atom. The van der Waals surface area contributed by atoms with Crippen LogP contribution >= 0.6 is 23.1 Å². The third kappa shape index (κ3) is 4.15. The molecule has 6 nitrogen and oxygen atoms in total. The quantitative estimate of drug-likeness (QED) is 0.503. The molecule has 1 aromatic carbocycles. The van der Waals surface area contributed by atoms with Crippen LogP contribution in [0.3, 0.4) is 0 Å². The number of aromatic nitrogens is 4. The molecule has 136 valence electrons. The van der Waals surface area contributed by atoms with Crippen molar-refractivity contribution in [2.45, 2.75) is 11.7 Å². The standard InChI is InChI=1S/C18H14FN5OS2/c19-13-5-3-12(4-6-13)15-7-8-16-21-22-18(24(16)23-15)27-11-17(25)20-10-14-2-1-9-26-14/h1-9H,10-11H2,(H,20,25). The van der Waals surface area contributed by atoms with Crippen molar-refractivity contribution in [1.29, 1.82) is 0 Å². The van der Waals surface area contributed by atoms with E-state index in [-0.39, 0.29) is 17.5 Å². The summed E-state index contributed by atoms with van der Waals surface area (Å²) in [5.41, 5.74) is 2.05. The van der Waals surface area contributed by atoms with E-state index in [1.165, 1.54) is 23.9 Å². The highest BCUT2D eigenvalue weighted by Crippen LogP contribution is 2.21. The van der Waals surface area contributed by atoms with Crippen LogP contribution in [0.15, 0.2) is 59.1 Å². The minimum atomic E-state index is -0.297. The van der Waals surface area contributed by atoms with E-state index in [9.17, 15) is 9.18 Å². The van der Waals surface area contributed by atoms with Gasteiger partial charge in [0.2, 0.25) is 11.1 Å². The van der Waals surface area contributed by atoms with Gasteiger partial charge in [-0.3, -0.25) is 4.79 Å². The molecule has 0 fully saturated rings. The summed E-state index contributed by atoms with van der Waals surface area (Å²) in [5, 5.41) is 18.1. The number of hydrogen-bond donors (Lipinski definition) is 1. The fourth-order valence-corrected chi connectivity index (χ4v) is 3.78. The maximum Gasteiger partial charge on any atom is 0.230 e. The molecular weight excluding hydrogens is 385 g/mol. The molecule has 1 N–H and O–H groups in total. The molecule has 4 rings (SSSR count). The van der Waals surface area contributed by atoms with Crippen molar-refractivity contribution >= 4 is 34.7 Å². The molecule has 3 aromatic heterocycles. The Morgan fingerprint density at radius 3 is 2.78 bits per heavy atom. The number of nitrogens with zero attached hydrogens (tertiary/aromatic N) is 4. The largest absolute Gasteiger partial charge is 0.350 e. The van der Waals surface area contributed by atoms with Crippen LogP contribution in [0.1, 0.15) is 4.88 Å². The minimum Gasteiger partial charge on any atom is -0.350 e. The normalized spacial score (nSPS) is 11.0. The Kier molecular flexibility index (Phi) is 5.12. The van der Waals surface area contributed by atoms with Gasteiger partial charge < -0.3 is 5.32 Å². The van der Waals surface area contributed by atoms with Crippen LogP contribution in [0.25, 0.3) is 16.9 Å². The average molecular weight is 399 g/mol. The minimum absolute atomic E-state index is 0.0835. The Balaban J connectivity index is 1.46. The number of fused-ring (bicyclic) bond motifs is 1. The van der Waals surface area contributed by atoms with Gasteiger partial charge in [-0.25, -0.2) is 4.39 Å². The molecule has 0 spiro atoms. The summed E-state index contributed by atoms with van der Waals surface area (Å²) in [6.45, 7) is 0.518. The predicted molar refractivity (Wildman–Crippen MR) is 103 cm³/mol. The molecule has 4 aromatic rings. The maximum absolute atomic E-state index is 13.1. The van der Waals surface area contributed by atoms with Gasteiger partial charge in [-0.2, -0.15) is 9.61 Å². The molecule has 0 bridgehead atoms. The average Bonchev–Trinajstić information content (AvgIpc) is 3.34. The number of carbonyl (C=O) groups is 1. The molecule has 0 unspecified atom stereocenters. The van der Waals surface area contributed by atoms with Crippen LogP contribution in [-0.2, 0) is 11.3 Å². The summed E-state index contributed by atoms with van der Waals surface area (Å²) in [6.07, 6.45) is 0. The number of halogens is 1. The fourth-order valence-electron chi connectivity index (χ4n) is 2.41. The molecule has 0 saturated carbocycles. The first kappa shape index (κ1) is 17.6. The topological polar surface area (TPSA) is 72.2 Å². The summed E-state index contributed by atoms with van der Waals surface area (Å²) in [6, 6.07) is 13.6. The Hall–Kier alpha value is -2.78. The lowest BCUT2D eigenvalue weighted by Crippen LogP contribution is -2.24. The van der Waals surface area contributed by atoms with Crippen LogP contribution in [0.2, 0.25) is 0 Å². The number of hydrogen-bond acceptors (Lipinski definition) is 6. The number of amides is 1. The third-order valence-electron chi connectivity index (χ3n) is 3.75. The lowest BCUT2D eigenvalue weighted by atomic mass is 10.1. The van der Waals surface area contributed by atoms with Gasteiger partial charge in [0, 0.05) is 10.4 Å². The predicted octanol–water partition coefficient (Wildman–Crippen LogP) is 3.40. The van der Waals surface area contributed by atoms with Crippen molar-refractivity contribution in [2.24, 2.45) is 0 Å². The summed E-state index contributed by atoms with van der Waals surface area (Å²) in [7, 11) is 0. The fraction of sp³-hybridized carbons (Fsp3) is 0.111. The Labute approximate surface area is 162 Å². The highest BCUT2D eigenvalue weighted by atomic mass is 32.2. The van der Waals surface area contributed by atoms with Crippen molar-refractivity contribution in [3.8, 4) is 11.3 Å². The Morgan fingerprint density at radius 2 is 2.00 bits per heavy atom. The second-order valence-electron chi connectivity index (χ2n) is 5.62. The summed E-state index contributed by atoms with van der Waals surface area (Å²) in [4.78, 5) is 13.2. The van der Waals surface area contributed by atoms with Gasteiger partial charge in [0.15, 0.2) is 5.65 Å². The van der Waals surface area contributed by atoms with Crippen molar-refractivity contribution < 1.29 is 9.18 Å². The first-order chi connectivity index (χ1) is 13.2.